The molecule has 0 spiro atoms. The highest BCUT2D eigenvalue weighted by Gasteiger charge is 2.57. The third-order valence-electron chi connectivity index (χ3n) is 4.98. The predicted molar refractivity (Wildman–Crippen MR) is 105 cm³/mol. The number of aryl methyl sites for hydroxylation is 1. The number of Topliss-reactive ketones (excluding diaryl/α,β-unsaturated/α-hetero) is 1. The Kier molecular flexibility index (Phi) is 4.82. The number of ether oxygens (including phenoxy) is 1. The Morgan fingerprint density at radius 2 is 2.00 bits per heavy atom. The van der Waals surface area contributed by atoms with E-state index in [1.54, 1.807) is 22.7 Å². The van der Waals surface area contributed by atoms with Gasteiger partial charge in [0.05, 0.1) is 4.88 Å². The summed E-state index contributed by atoms with van der Waals surface area (Å²) in [5.41, 5.74) is 1.03. The third kappa shape index (κ3) is 3.19. The highest BCUT2D eigenvalue weighted by molar-refractivity contribution is 8.00. The van der Waals surface area contributed by atoms with Crippen molar-refractivity contribution >= 4 is 40.8 Å². The van der Waals surface area contributed by atoms with Crippen LogP contribution in [0.2, 0.25) is 0 Å². The van der Waals surface area contributed by atoms with Crippen LogP contribution in [0.5, 0.6) is 0 Å². The van der Waals surface area contributed by atoms with Gasteiger partial charge in [0.15, 0.2) is 6.61 Å². The second-order valence-electron chi connectivity index (χ2n) is 6.68. The molecule has 2 saturated heterocycles. The van der Waals surface area contributed by atoms with Gasteiger partial charge in [-0.1, -0.05) is 30.3 Å². The van der Waals surface area contributed by atoms with Gasteiger partial charge in [-0.25, -0.2) is 4.79 Å². The molecule has 0 bridgehead atoms. The molecular weight excluding hydrogens is 382 g/mol. The van der Waals surface area contributed by atoms with Crippen LogP contribution in [-0.2, 0) is 19.2 Å². The Morgan fingerprint density at radius 1 is 1.22 bits per heavy atom. The Balaban J connectivity index is 1.48. The SMILES string of the molecule is Cc1ccc(C(=O)COC(=O)[C@H]2CS[C@@]3(c4ccccc4)CCC(=O)N23)s1. The number of hydrogen-bond donors (Lipinski definition) is 0. The van der Waals surface area contributed by atoms with Crippen molar-refractivity contribution in [3.05, 3.63) is 57.8 Å². The van der Waals surface area contributed by atoms with Gasteiger partial charge in [0.1, 0.15) is 10.9 Å². The van der Waals surface area contributed by atoms with Gasteiger partial charge in [-0.15, -0.1) is 23.1 Å². The van der Waals surface area contributed by atoms with E-state index in [0.29, 0.717) is 23.5 Å². The molecule has 0 aliphatic carbocycles. The number of nitrogens with zero attached hydrogens (tertiary/aromatic N) is 1. The van der Waals surface area contributed by atoms with Gasteiger partial charge in [-0.2, -0.15) is 0 Å². The quantitative estimate of drug-likeness (QED) is 0.568. The molecule has 3 heterocycles. The van der Waals surface area contributed by atoms with Gasteiger partial charge in [0.25, 0.3) is 0 Å². The average molecular weight is 402 g/mol. The molecule has 2 aromatic rings. The van der Waals surface area contributed by atoms with E-state index >= 15 is 0 Å². The number of ketones is 1. The van der Waals surface area contributed by atoms with E-state index in [-0.39, 0.29) is 18.3 Å². The number of amides is 1. The highest BCUT2D eigenvalue weighted by atomic mass is 32.2. The molecule has 5 nitrogen and oxygen atoms in total. The van der Waals surface area contributed by atoms with Crippen molar-refractivity contribution in [2.45, 2.75) is 30.7 Å². The van der Waals surface area contributed by atoms with Crippen molar-refractivity contribution in [2.75, 3.05) is 12.4 Å². The zero-order valence-corrected chi connectivity index (χ0v) is 16.5. The fourth-order valence-electron chi connectivity index (χ4n) is 3.70. The number of fused-ring (bicyclic) bond motifs is 1. The summed E-state index contributed by atoms with van der Waals surface area (Å²) < 4.78 is 5.30. The molecule has 2 aliphatic heterocycles. The van der Waals surface area contributed by atoms with Crippen LogP contribution >= 0.6 is 23.1 Å². The lowest BCUT2D eigenvalue weighted by Crippen LogP contribution is -2.46. The van der Waals surface area contributed by atoms with Crippen molar-refractivity contribution in [1.29, 1.82) is 0 Å². The van der Waals surface area contributed by atoms with Gasteiger partial charge in [0, 0.05) is 17.1 Å². The maximum Gasteiger partial charge on any atom is 0.330 e. The summed E-state index contributed by atoms with van der Waals surface area (Å²) in [4.78, 5) is 40.2. The molecule has 1 aromatic heterocycles. The number of carbonyl (C=O) groups excluding carboxylic acids is 3. The number of benzene rings is 1. The second kappa shape index (κ2) is 7.13. The Hall–Kier alpha value is -2.12. The van der Waals surface area contributed by atoms with Crippen LogP contribution in [-0.4, -0.2) is 41.0 Å². The lowest BCUT2D eigenvalue weighted by Gasteiger charge is -2.33. The third-order valence-corrected chi connectivity index (χ3v) is 7.62. The van der Waals surface area contributed by atoms with Crippen molar-refractivity contribution in [1.82, 2.24) is 4.90 Å². The molecule has 1 amide bonds. The number of thiophene rings is 1. The largest absolute Gasteiger partial charge is 0.456 e. The van der Waals surface area contributed by atoms with Crippen LogP contribution in [0.25, 0.3) is 0 Å². The van der Waals surface area contributed by atoms with Gasteiger partial charge in [-0.05, 0) is 31.0 Å². The van der Waals surface area contributed by atoms with Gasteiger partial charge in [0.2, 0.25) is 11.7 Å². The second-order valence-corrected chi connectivity index (χ2v) is 9.27. The summed E-state index contributed by atoms with van der Waals surface area (Å²) in [6, 6.07) is 12.8. The predicted octanol–water partition coefficient (Wildman–Crippen LogP) is 3.37. The minimum absolute atomic E-state index is 0.0361. The summed E-state index contributed by atoms with van der Waals surface area (Å²) in [7, 11) is 0. The number of rotatable bonds is 5. The van der Waals surface area contributed by atoms with Gasteiger partial charge < -0.3 is 9.64 Å². The number of hydrogen-bond acceptors (Lipinski definition) is 6. The summed E-state index contributed by atoms with van der Waals surface area (Å²) in [6.07, 6.45) is 1.09. The lowest BCUT2D eigenvalue weighted by molar-refractivity contribution is -0.152. The normalized spacial score (nSPS) is 24.1. The molecule has 2 aliphatic rings. The molecule has 0 saturated carbocycles. The van der Waals surface area contributed by atoms with E-state index in [4.69, 9.17) is 4.74 Å². The topological polar surface area (TPSA) is 63.7 Å². The van der Waals surface area contributed by atoms with E-state index < -0.39 is 16.9 Å². The first kappa shape index (κ1) is 18.3. The van der Waals surface area contributed by atoms with E-state index in [1.165, 1.54) is 11.3 Å². The first-order valence-corrected chi connectivity index (χ1v) is 10.6. The Labute approximate surface area is 165 Å². The molecule has 7 heteroatoms. The smallest absolute Gasteiger partial charge is 0.330 e. The first-order chi connectivity index (χ1) is 13.0. The first-order valence-electron chi connectivity index (χ1n) is 8.79. The molecular formula is C20H19NO4S2. The maximum absolute atomic E-state index is 12.7. The highest BCUT2D eigenvalue weighted by Crippen LogP contribution is 2.54. The molecule has 2 atom stereocenters. The minimum Gasteiger partial charge on any atom is -0.456 e. The van der Waals surface area contributed by atoms with Crippen molar-refractivity contribution in [3.8, 4) is 0 Å². The zero-order chi connectivity index (χ0) is 19.0. The molecule has 0 radical (unpaired) electrons. The van der Waals surface area contributed by atoms with Crippen molar-refractivity contribution < 1.29 is 19.1 Å². The van der Waals surface area contributed by atoms with E-state index in [0.717, 1.165) is 10.4 Å². The molecule has 1 aromatic carbocycles. The molecule has 27 heavy (non-hydrogen) atoms. The van der Waals surface area contributed by atoms with E-state index in [9.17, 15) is 14.4 Å². The van der Waals surface area contributed by atoms with Crippen LogP contribution in [0.15, 0.2) is 42.5 Å². The lowest BCUT2D eigenvalue weighted by atomic mass is 10.0. The van der Waals surface area contributed by atoms with E-state index in [1.807, 2.05) is 43.3 Å². The number of thioether (sulfide) groups is 1. The monoisotopic (exact) mass is 401 g/mol. The minimum atomic E-state index is -0.650. The maximum atomic E-state index is 12.7. The van der Waals surface area contributed by atoms with Crippen LogP contribution in [0.3, 0.4) is 0 Å². The summed E-state index contributed by atoms with van der Waals surface area (Å²) >= 11 is 2.99. The van der Waals surface area contributed by atoms with Crippen LogP contribution in [0, 0.1) is 6.92 Å². The van der Waals surface area contributed by atoms with Crippen LogP contribution < -0.4 is 0 Å². The molecule has 140 valence electrons. The van der Waals surface area contributed by atoms with Crippen LogP contribution in [0.1, 0.15) is 33.0 Å². The molecule has 0 unspecified atom stereocenters. The molecule has 2 fully saturated rings. The molecule has 0 N–H and O–H groups in total. The zero-order valence-electron chi connectivity index (χ0n) is 14.8. The van der Waals surface area contributed by atoms with Crippen molar-refractivity contribution in [3.63, 3.8) is 0 Å². The fourth-order valence-corrected chi connectivity index (χ4v) is 6.13. The Morgan fingerprint density at radius 3 is 2.70 bits per heavy atom. The summed E-state index contributed by atoms with van der Waals surface area (Å²) in [6.45, 7) is 1.63. The number of esters is 1. The summed E-state index contributed by atoms with van der Waals surface area (Å²) in [5, 5.41) is 0. The number of carbonyl (C=O) groups is 3. The Bertz CT molecular complexity index is 894. The average Bonchev–Trinajstić information content (AvgIpc) is 3.36. The fraction of sp³-hybridized carbons (Fsp3) is 0.350. The van der Waals surface area contributed by atoms with E-state index in [2.05, 4.69) is 0 Å². The van der Waals surface area contributed by atoms with Gasteiger partial charge >= 0.3 is 5.97 Å². The standard InChI is InChI=1S/C20H19NO4S2/c1-13-7-8-17(27-13)16(22)11-25-19(24)15-12-26-20(10-9-18(23)21(15)20)14-5-3-2-4-6-14/h2-8,15H,9-12H2,1H3/t15-,20-/m1/s1. The van der Waals surface area contributed by atoms with Crippen LogP contribution in [0.4, 0.5) is 0 Å². The molecule has 4 rings (SSSR count). The summed E-state index contributed by atoms with van der Waals surface area (Å²) in [5.74, 6) is -0.274. The van der Waals surface area contributed by atoms with Gasteiger partial charge in [-0.3, -0.25) is 9.59 Å². The van der Waals surface area contributed by atoms with Crippen molar-refractivity contribution in [2.24, 2.45) is 0 Å².